The van der Waals surface area contributed by atoms with Crippen molar-refractivity contribution in [2.24, 2.45) is 0 Å². The van der Waals surface area contributed by atoms with Crippen LogP contribution in [0.5, 0.6) is 0 Å². The first-order valence-corrected chi connectivity index (χ1v) is 10.3. The van der Waals surface area contributed by atoms with Gasteiger partial charge in [-0.25, -0.2) is 9.48 Å². The fraction of sp³-hybridized carbons (Fsp3) is 0.238. The zero-order valence-electron chi connectivity index (χ0n) is 16.8. The Labute approximate surface area is 177 Å². The Morgan fingerprint density at radius 1 is 1.20 bits per heavy atom. The van der Waals surface area contributed by atoms with Gasteiger partial charge in [0.2, 0.25) is 5.91 Å². The highest BCUT2D eigenvalue weighted by molar-refractivity contribution is 7.10. The van der Waals surface area contributed by atoms with E-state index < -0.39 is 23.4 Å². The SMILES string of the molecule is Cc1ccc(-n2nc(C)cc2NC(=O)CN2C(=O)NC(C)(c3cccs3)C2=O)cc1. The summed E-state index contributed by atoms with van der Waals surface area (Å²) < 4.78 is 1.62. The molecule has 8 nitrogen and oxygen atoms in total. The van der Waals surface area contributed by atoms with Crippen molar-refractivity contribution in [2.45, 2.75) is 26.3 Å². The maximum atomic E-state index is 12.9. The minimum absolute atomic E-state index is 0.385. The quantitative estimate of drug-likeness (QED) is 0.617. The average molecular weight is 423 g/mol. The second-order valence-electron chi connectivity index (χ2n) is 7.39. The number of aromatic nitrogens is 2. The second-order valence-corrected chi connectivity index (χ2v) is 8.34. The lowest BCUT2D eigenvalue weighted by Gasteiger charge is -2.20. The van der Waals surface area contributed by atoms with Crippen LogP contribution >= 0.6 is 11.3 Å². The Morgan fingerprint density at radius 3 is 2.60 bits per heavy atom. The van der Waals surface area contributed by atoms with Gasteiger partial charge in [-0.2, -0.15) is 5.10 Å². The molecule has 1 aromatic carbocycles. The van der Waals surface area contributed by atoms with E-state index in [9.17, 15) is 14.4 Å². The predicted molar refractivity (Wildman–Crippen MR) is 114 cm³/mol. The lowest BCUT2D eigenvalue weighted by Crippen LogP contribution is -2.41. The average Bonchev–Trinajstić information content (AvgIpc) is 3.40. The van der Waals surface area contributed by atoms with Crippen molar-refractivity contribution in [2.75, 3.05) is 11.9 Å². The number of carbonyl (C=O) groups excluding carboxylic acids is 3. The smallest absolute Gasteiger partial charge is 0.319 e. The van der Waals surface area contributed by atoms with Crippen LogP contribution < -0.4 is 10.6 Å². The topological polar surface area (TPSA) is 96.3 Å². The Kier molecular flexibility index (Phi) is 4.90. The van der Waals surface area contributed by atoms with Crippen LogP contribution in [0.4, 0.5) is 10.6 Å². The summed E-state index contributed by atoms with van der Waals surface area (Å²) in [4.78, 5) is 39.6. The van der Waals surface area contributed by atoms with E-state index >= 15 is 0 Å². The minimum Gasteiger partial charge on any atom is -0.319 e. The molecule has 0 aliphatic carbocycles. The molecule has 1 fully saturated rings. The first-order chi connectivity index (χ1) is 14.3. The second kappa shape index (κ2) is 7.42. The highest BCUT2D eigenvalue weighted by Crippen LogP contribution is 2.31. The fourth-order valence-corrected chi connectivity index (χ4v) is 4.20. The molecular formula is C21H21N5O3S. The van der Waals surface area contributed by atoms with E-state index in [2.05, 4.69) is 15.7 Å². The van der Waals surface area contributed by atoms with Gasteiger partial charge in [-0.1, -0.05) is 23.8 Å². The van der Waals surface area contributed by atoms with Crippen molar-refractivity contribution in [3.8, 4) is 5.69 Å². The molecule has 154 valence electrons. The van der Waals surface area contributed by atoms with Gasteiger partial charge in [0.25, 0.3) is 5.91 Å². The molecule has 4 amide bonds. The van der Waals surface area contributed by atoms with Gasteiger partial charge in [0, 0.05) is 10.9 Å². The van der Waals surface area contributed by atoms with Crippen LogP contribution in [0.1, 0.15) is 23.1 Å². The van der Waals surface area contributed by atoms with Gasteiger partial charge in [-0.05, 0) is 44.4 Å². The van der Waals surface area contributed by atoms with Gasteiger partial charge in [0.15, 0.2) is 5.54 Å². The highest BCUT2D eigenvalue weighted by atomic mass is 32.1. The number of benzene rings is 1. The number of carbonyl (C=O) groups is 3. The van der Waals surface area contributed by atoms with Gasteiger partial charge < -0.3 is 10.6 Å². The molecule has 0 saturated carbocycles. The first-order valence-electron chi connectivity index (χ1n) is 9.39. The van der Waals surface area contributed by atoms with Crippen LogP contribution in [0.25, 0.3) is 5.69 Å². The van der Waals surface area contributed by atoms with Gasteiger partial charge in [0.1, 0.15) is 12.4 Å². The molecule has 0 spiro atoms. The minimum atomic E-state index is -1.16. The number of anilines is 1. The molecule has 2 aromatic heterocycles. The van der Waals surface area contributed by atoms with E-state index in [1.54, 1.807) is 23.7 Å². The van der Waals surface area contributed by atoms with E-state index in [1.807, 2.05) is 49.6 Å². The zero-order chi connectivity index (χ0) is 21.5. The molecule has 1 atom stereocenters. The van der Waals surface area contributed by atoms with Crippen LogP contribution in [0.15, 0.2) is 47.8 Å². The van der Waals surface area contributed by atoms with E-state index in [1.165, 1.54) is 11.3 Å². The third-order valence-corrected chi connectivity index (χ3v) is 6.06. The first kappa shape index (κ1) is 19.8. The van der Waals surface area contributed by atoms with E-state index in [0.717, 1.165) is 26.7 Å². The molecule has 4 rings (SSSR count). The molecule has 1 unspecified atom stereocenters. The Bertz CT molecular complexity index is 1120. The summed E-state index contributed by atoms with van der Waals surface area (Å²) in [6, 6.07) is 12.5. The van der Waals surface area contributed by atoms with E-state index in [4.69, 9.17) is 0 Å². The summed E-state index contributed by atoms with van der Waals surface area (Å²) in [6.45, 7) is 5.07. The summed E-state index contributed by atoms with van der Waals surface area (Å²) in [5.41, 5.74) is 1.47. The van der Waals surface area contributed by atoms with Crippen molar-refractivity contribution in [3.63, 3.8) is 0 Å². The Morgan fingerprint density at radius 2 is 1.93 bits per heavy atom. The summed E-state index contributed by atoms with van der Waals surface area (Å²) in [5.74, 6) is -0.468. The molecular weight excluding hydrogens is 402 g/mol. The number of thiophene rings is 1. The van der Waals surface area contributed by atoms with Crippen LogP contribution in [0.3, 0.4) is 0 Å². The third-order valence-electron chi connectivity index (χ3n) is 4.97. The fourth-order valence-electron chi connectivity index (χ4n) is 3.37. The molecule has 2 N–H and O–H groups in total. The normalized spacial score (nSPS) is 18.6. The molecule has 9 heteroatoms. The van der Waals surface area contributed by atoms with Crippen molar-refractivity contribution < 1.29 is 14.4 Å². The number of hydrogen-bond acceptors (Lipinski definition) is 5. The molecule has 1 aliphatic heterocycles. The van der Waals surface area contributed by atoms with Gasteiger partial charge in [-0.15, -0.1) is 11.3 Å². The van der Waals surface area contributed by atoms with Crippen molar-refractivity contribution in [3.05, 3.63) is 64.0 Å². The monoisotopic (exact) mass is 423 g/mol. The molecule has 1 saturated heterocycles. The molecule has 0 radical (unpaired) electrons. The number of urea groups is 1. The van der Waals surface area contributed by atoms with Crippen molar-refractivity contribution in [1.29, 1.82) is 0 Å². The molecule has 3 aromatic rings. The van der Waals surface area contributed by atoms with E-state index in [0.29, 0.717) is 5.82 Å². The molecule has 3 heterocycles. The number of rotatable bonds is 5. The van der Waals surface area contributed by atoms with Gasteiger partial charge in [0.05, 0.1) is 11.4 Å². The Hall–Kier alpha value is -3.46. The largest absolute Gasteiger partial charge is 0.325 e. The lowest BCUT2D eigenvalue weighted by atomic mass is 10.0. The summed E-state index contributed by atoms with van der Waals surface area (Å²) in [6.07, 6.45) is 0. The standard InChI is InChI=1S/C21H21N5O3S/c1-13-6-8-15(9-7-13)26-17(11-14(2)24-26)22-18(27)12-25-19(28)21(3,23-20(25)29)16-5-4-10-30-16/h4-11H,12H2,1-3H3,(H,22,27)(H,23,29). The maximum Gasteiger partial charge on any atom is 0.325 e. The van der Waals surface area contributed by atoms with Crippen molar-refractivity contribution >= 4 is 35.0 Å². The predicted octanol–water partition coefficient (Wildman–Crippen LogP) is 2.96. The molecule has 0 bridgehead atoms. The summed E-state index contributed by atoms with van der Waals surface area (Å²) in [7, 11) is 0. The zero-order valence-corrected chi connectivity index (χ0v) is 17.6. The number of hydrogen-bond donors (Lipinski definition) is 2. The molecule has 30 heavy (non-hydrogen) atoms. The van der Waals surface area contributed by atoms with Gasteiger partial charge in [-0.3, -0.25) is 14.5 Å². The number of aryl methyl sites for hydroxylation is 2. The van der Waals surface area contributed by atoms with Crippen LogP contribution in [0, 0.1) is 13.8 Å². The lowest BCUT2D eigenvalue weighted by molar-refractivity contribution is -0.133. The Balaban J connectivity index is 1.51. The number of nitrogens with zero attached hydrogens (tertiary/aromatic N) is 3. The van der Waals surface area contributed by atoms with Crippen LogP contribution in [-0.2, 0) is 15.1 Å². The summed E-state index contributed by atoms with van der Waals surface area (Å²) >= 11 is 1.38. The van der Waals surface area contributed by atoms with E-state index in [-0.39, 0.29) is 6.54 Å². The number of imide groups is 1. The maximum absolute atomic E-state index is 12.9. The number of amides is 4. The number of nitrogens with one attached hydrogen (secondary N) is 2. The molecule has 1 aliphatic rings. The van der Waals surface area contributed by atoms with Crippen LogP contribution in [-0.4, -0.2) is 39.1 Å². The third kappa shape index (κ3) is 3.48. The summed E-state index contributed by atoms with van der Waals surface area (Å²) in [5, 5.41) is 11.7. The van der Waals surface area contributed by atoms with Crippen molar-refractivity contribution in [1.82, 2.24) is 20.0 Å². The van der Waals surface area contributed by atoms with Crippen LogP contribution in [0.2, 0.25) is 0 Å². The van der Waals surface area contributed by atoms with Gasteiger partial charge >= 0.3 is 6.03 Å². The highest BCUT2D eigenvalue weighted by Gasteiger charge is 2.50.